The molecule has 0 amide bonds. The fourth-order valence-electron chi connectivity index (χ4n) is 4.49. The van der Waals surface area contributed by atoms with Crippen molar-refractivity contribution >= 4 is 11.7 Å². The van der Waals surface area contributed by atoms with Gasteiger partial charge in [-0.25, -0.2) is 4.39 Å². The minimum atomic E-state index is -0.172. The fraction of sp³-hybridized carbons (Fsp3) is 0.682. The first-order valence-electron chi connectivity index (χ1n) is 10.4. The number of likely N-dealkylation sites (tertiary alicyclic amines) is 1. The van der Waals surface area contributed by atoms with Crippen LogP contribution >= 0.6 is 0 Å². The summed E-state index contributed by atoms with van der Waals surface area (Å²) in [6.07, 6.45) is 5.93. The average Bonchev–Trinajstić information content (AvgIpc) is 2.66. The quantitative estimate of drug-likeness (QED) is 0.613. The van der Waals surface area contributed by atoms with Crippen molar-refractivity contribution in [3.8, 4) is 0 Å². The number of carbonyl (C=O) groups is 1. The number of nitrogens with zero attached hydrogens (tertiary/aromatic N) is 1. The number of esters is 1. The molecule has 0 radical (unpaired) electrons. The first kappa shape index (κ1) is 20.1. The van der Waals surface area contributed by atoms with E-state index in [0.717, 1.165) is 57.2 Å². The lowest BCUT2D eigenvalue weighted by atomic mass is 9.83. The van der Waals surface area contributed by atoms with Crippen LogP contribution in [0.1, 0.15) is 63.9 Å². The molecule has 1 aliphatic heterocycles. The Balaban J connectivity index is 1.45. The summed E-state index contributed by atoms with van der Waals surface area (Å²) in [6, 6.07) is 5.63. The number of hydrogen-bond donors (Lipinski definition) is 1. The van der Waals surface area contributed by atoms with E-state index in [1.807, 2.05) is 6.07 Å². The van der Waals surface area contributed by atoms with Gasteiger partial charge in [0.05, 0.1) is 12.5 Å². The van der Waals surface area contributed by atoms with Crippen LogP contribution in [0.3, 0.4) is 0 Å². The normalized spacial score (nSPS) is 24.9. The Labute approximate surface area is 162 Å². The number of carbonyl (C=O) groups excluding carboxylic acids is 1. The molecule has 27 heavy (non-hydrogen) atoms. The zero-order valence-corrected chi connectivity index (χ0v) is 16.6. The third-order valence-corrected chi connectivity index (χ3v) is 6.10. The lowest BCUT2D eigenvalue weighted by Gasteiger charge is -2.40. The Bertz CT molecular complexity index is 633. The lowest BCUT2D eigenvalue weighted by molar-refractivity contribution is -0.151. The van der Waals surface area contributed by atoms with Gasteiger partial charge in [-0.3, -0.25) is 4.79 Å². The van der Waals surface area contributed by atoms with Crippen molar-refractivity contribution < 1.29 is 13.9 Å². The van der Waals surface area contributed by atoms with Crippen molar-refractivity contribution in [2.45, 2.75) is 64.3 Å². The molecule has 3 rings (SSSR count). The molecule has 1 saturated heterocycles. The number of ether oxygens (including phenoxy) is 1. The van der Waals surface area contributed by atoms with Gasteiger partial charge in [0.2, 0.25) is 0 Å². The molecular weight excluding hydrogens is 343 g/mol. The number of nitrogen functional groups attached to an aromatic ring is 1. The molecule has 0 bridgehead atoms. The molecule has 0 unspecified atom stereocenters. The van der Waals surface area contributed by atoms with Gasteiger partial charge in [-0.2, -0.15) is 0 Å². The second-order valence-corrected chi connectivity index (χ2v) is 8.62. The Morgan fingerprint density at radius 3 is 2.44 bits per heavy atom. The molecule has 0 aromatic heterocycles. The van der Waals surface area contributed by atoms with E-state index in [-0.39, 0.29) is 23.6 Å². The van der Waals surface area contributed by atoms with Crippen molar-refractivity contribution in [3.05, 3.63) is 29.6 Å². The van der Waals surface area contributed by atoms with Gasteiger partial charge >= 0.3 is 5.97 Å². The summed E-state index contributed by atoms with van der Waals surface area (Å²) in [7, 11) is 0. The van der Waals surface area contributed by atoms with Gasteiger partial charge < -0.3 is 15.4 Å². The van der Waals surface area contributed by atoms with E-state index in [4.69, 9.17) is 10.5 Å². The van der Waals surface area contributed by atoms with Crippen LogP contribution in [0.25, 0.3) is 0 Å². The summed E-state index contributed by atoms with van der Waals surface area (Å²) >= 11 is 0. The van der Waals surface area contributed by atoms with Gasteiger partial charge in [0.25, 0.3) is 0 Å². The van der Waals surface area contributed by atoms with E-state index in [2.05, 4.69) is 18.7 Å². The third kappa shape index (κ3) is 5.22. The van der Waals surface area contributed by atoms with Gasteiger partial charge in [-0.1, -0.05) is 19.9 Å². The van der Waals surface area contributed by atoms with Crippen molar-refractivity contribution in [2.24, 2.45) is 11.8 Å². The van der Waals surface area contributed by atoms with E-state index < -0.39 is 0 Å². The van der Waals surface area contributed by atoms with E-state index in [0.29, 0.717) is 24.3 Å². The Hall–Kier alpha value is -1.62. The molecule has 1 heterocycles. The van der Waals surface area contributed by atoms with Crippen LogP contribution in [0, 0.1) is 17.7 Å². The zero-order chi connectivity index (χ0) is 19.4. The molecule has 1 aromatic carbocycles. The molecule has 2 N–H and O–H groups in total. The van der Waals surface area contributed by atoms with Crippen LogP contribution in [-0.4, -0.2) is 36.6 Å². The SMILES string of the molecule is CC(C)COC(=O)C1CCC(N2CCC(c3ccc(N)cc3F)CC2)CC1. The van der Waals surface area contributed by atoms with Crippen LogP contribution in [0.15, 0.2) is 18.2 Å². The van der Waals surface area contributed by atoms with E-state index in [1.165, 1.54) is 6.07 Å². The highest BCUT2D eigenvalue weighted by Crippen LogP contribution is 2.35. The summed E-state index contributed by atoms with van der Waals surface area (Å²) in [5.41, 5.74) is 6.95. The van der Waals surface area contributed by atoms with Gasteiger partial charge in [-0.05, 0) is 81.1 Å². The van der Waals surface area contributed by atoms with E-state index in [9.17, 15) is 9.18 Å². The number of anilines is 1. The van der Waals surface area contributed by atoms with Crippen molar-refractivity contribution in [3.63, 3.8) is 0 Å². The molecule has 1 aliphatic carbocycles. The highest BCUT2D eigenvalue weighted by molar-refractivity contribution is 5.72. The summed E-state index contributed by atoms with van der Waals surface area (Å²) in [5, 5.41) is 0. The van der Waals surface area contributed by atoms with E-state index >= 15 is 0 Å². The van der Waals surface area contributed by atoms with Crippen LogP contribution < -0.4 is 5.73 Å². The number of hydrogen-bond acceptors (Lipinski definition) is 4. The monoisotopic (exact) mass is 376 g/mol. The number of piperidine rings is 1. The van der Waals surface area contributed by atoms with Crippen molar-refractivity contribution in [1.29, 1.82) is 0 Å². The molecular formula is C22H33FN2O2. The zero-order valence-electron chi connectivity index (χ0n) is 16.6. The second-order valence-electron chi connectivity index (χ2n) is 8.62. The largest absolute Gasteiger partial charge is 0.465 e. The number of nitrogens with two attached hydrogens (primary N) is 1. The maximum Gasteiger partial charge on any atom is 0.308 e. The highest BCUT2D eigenvalue weighted by atomic mass is 19.1. The fourth-order valence-corrected chi connectivity index (χ4v) is 4.49. The summed E-state index contributed by atoms with van der Waals surface area (Å²) in [4.78, 5) is 14.7. The molecule has 0 spiro atoms. The van der Waals surface area contributed by atoms with Gasteiger partial charge in [-0.15, -0.1) is 0 Å². The van der Waals surface area contributed by atoms with Crippen molar-refractivity contribution in [1.82, 2.24) is 4.90 Å². The predicted octanol–water partition coefficient (Wildman–Crippen LogP) is 4.35. The first-order valence-corrected chi connectivity index (χ1v) is 10.4. The number of rotatable bonds is 5. The van der Waals surface area contributed by atoms with Crippen LogP contribution in [0.5, 0.6) is 0 Å². The van der Waals surface area contributed by atoms with Crippen LogP contribution in [0.4, 0.5) is 10.1 Å². The number of halogens is 1. The van der Waals surface area contributed by atoms with Crippen LogP contribution in [-0.2, 0) is 9.53 Å². The highest BCUT2D eigenvalue weighted by Gasteiger charge is 2.32. The van der Waals surface area contributed by atoms with Crippen LogP contribution in [0.2, 0.25) is 0 Å². The average molecular weight is 377 g/mol. The Morgan fingerprint density at radius 1 is 1.19 bits per heavy atom. The minimum absolute atomic E-state index is 0.0142. The van der Waals surface area contributed by atoms with Gasteiger partial charge in [0.1, 0.15) is 5.82 Å². The molecule has 2 aliphatic rings. The summed E-state index contributed by atoms with van der Waals surface area (Å²) in [6.45, 7) is 6.64. The predicted molar refractivity (Wildman–Crippen MR) is 106 cm³/mol. The minimum Gasteiger partial charge on any atom is -0.465 e. The standard InChI is InChI=1S/C22H33FN2O2/c1-15(2)14-27-22(26)17-3-6-19(7-4-17)25-11-9-16(10-12-25)20-8-5-18(24)13-21(20)23/h5,8,13,15-17,19H,3-4,6-7,9-12,14,24H2,1-2H3. The van der Waals surface area contributed by atoms with Crippen molar-refractivity contribution in [2.75, 3.05) is 25.4 Å². The third-order valence-electron chi connectivity index (χ3n) is 6.10. The Kier molecular flexibility index (Phi) is 6.74. The molecule has 150 valence electrons. The Morgan fingerprint density at radius 2 is 1.85 bits per heavy atom. The molecule has 5 heteroatoms. The molecule has 0 atom stereocenters. The lowest BCUT2D eigenvalue weighted by Crippen LogP contribution is -2.43. The van der Waals surface area contributed by atoms with E-state index in [1.54, 1.807) is 6.07 Å². The first-order chi connectivity index (χ1) is 12.9. The summed E-state index contributed by atoms with van der Waals surface area (Å²) < 4.78 is 19.6. The maximum absolute atomic E-state index is 14.2. The van der Waals surface area contributed by atoms with Gasteiger partial charge in [0, 0.05) is 11.7 Å². The molecule has 1 saturated carbocycles. The smallest absolute Gasteiger partial charge is 0.308 e. The maximum atomic E-state index is 14.2. The van der Waals surface area contributed by atoms with Gasteiger partial charge in [0.15, 0.2) is 0 Å². The second kappa shape index (κ2) is 9.05. The number of benzene rings is 1. The topological polar surface area (TPSA) is 55.6 Å². The summed E-state index contributed by atoms with van der Waals surface area (Å²) in [5.74, 6) is 0.552. The molecule has 1 aromatic rings. The molecule has 2 fully saturated rings. The molecule has 4 nitrogen and oxygen atoms in total.